The van der Waals surface area contributed by atoms with Gasteiger partial charge in [0.05, 0.1) is 11.4 Å². The summed E-state index contributed by atoms with van der Waals surface area (Å²) in [5, 5.41) is 2.71. The Balaban J connectivity index is 0.00000126. The van der Waals surface area contributed by atoms with Crippen molar-refractivity contribution in [1.82, 2.24) is 10.4 Å². The van der Waals surface area contributed by atoms with E-state index in [9.17, 15) is 4.79 Å². The molecule has 3 aromatic rings. The van der Waals surface area contributed by atoms with Crippen LogP contribution in [0.3, 0.4) is 0 Å². The number of rotatable bonds is 3. The number of halogens is 1. The third-order valence-corrected chi connectivity index (χ3v) is 6.94. The lowest BCUT2D eigenvalue weighted by Crippen LogP contribution is -2.45. The number of nitrogens with one attached hydrogen (secondary N) is 1. The molecule has 1 N–H and O–H groups in total. The van der Waals surface area contributed by atoms with Gasteiger partial charge in [0.25, 0.3) is 5.91 Å². The number of amides is 1. The van der Waals surface area contributed by atoms with Crippen molar-refractivity contribution in [2.45, 2.75) is 42.9 Å². The minimum Gasteiger partial charge on any atom is -0.285 e. The van der Waals surface area contributed by atoms with E-state index in [-0.39, 0.29) is 5.91 Å². The minimum absolute atomic E-state index is 0.0836. The lowest BCUT2D eigenvalue weighted by molar-refractivity contribution is 0.0750. The molecule has 2 aliphatic rings. The summed E-state index contributed by atoms with van der Waals surface area (Å²) in [7, 11) is 0. The first kappa shape index (κ1) is 23.6. The molecule has 6 heteroatoms. The molecule has 0 saturated carbocycles. The fraction of sp³-hybridized carbons (Fsp3) is 0.259. The van der Waals surface area contributed by atoms with Gasteiger partial charge in [0.1, 0.15) is 0 Å². The van der Waals surface area contributed by atoms with E-state index >= 15 is 0 Å². The lowest BCUT2D eigenvalue weighted by Gasteiger charge is -2.26. The predicted molar refractivity (Wildman–Crippen MR) is 138 cm³/mol. The molecule has 1 fully saturated rings. The average molecular weight is 478 g/mol. The van der Waals surface area contributed by atoms with Crippen molar-refractivity contribution in [3.05, 3.63) is 88.4 Å². The SMILES string of the molecule is CC.O=C(NN1CCCCC1)c1ccc2c(c1)N=C(c1ccc(Cl)cc1)c1ccccc1S2. The zero-order valence-corrected chi connectivity index (χ0v) is 20.5. The molecule has 4 nitrogen and oxygen atoms in total. The molecule has 33 heavy (non-hydrogen) atoms. The smallest absolute Gasteiger partial charge is 0.265 e. The van der Waals surface area contributed by atoms with E-state index in [0.29, 0.717) is 10.6 Å². The first-order chi connectivity index (χ1) is 16.2. The fourth-order valence-electron chi connectivity index (χ4n) is 3.92. The summed E-state index contributed by atoms with van der Waals surface area (Å²) in [6, 6.07) is 21.8. The number of benzene rings is 3. The van der Waals surface area contributed by atoms with Crippen molar-refractivity contribution in [2.24, 2.45) is 4.99 Å². The maximum atomic E-state index is 12.9. The molecule has 2 aliphatic heterocycles. The van der Waals surface area contributed by atoms with Crippen LogP contribution in [0, 0.1) is 0 Å². The standard InChI is InChI=1S/C25H22ClN3OS.C2H6/c26-19-11-8-17(9-12-19)24-20-6-2-3-7-22(20)31-23-13-10-18(16-21(23)27-24)25(30)28-29-14-4-1-5-15-29;1-2/h2-3,6-13,16H,1,4-5,14-15H2,(H,28,30);1-2H3. The summed E-state index contributed by atoms with van der Waals surface area (Å²) < 4.78 is 0. The van der Waals surface area contributed by atoms with Crippen LogP contribution in [0.1, 0.15) is 54.6 Å². The minimum atomic E-state index is -0.0836. The average Bonchev–Trinajstić information content (AvgIpc) is 3.03. The van der Waals surface area contributed by atoms with Crippen LogP contribution in [0.15, 0.2) is 81.5 Å². The second-order valence-electron chi connectivity index (χ2n) is 7.74. The number of piperidine rings is 1. The van der Waals surface area contributed by atoms with Crippen molar-refractivity contribution >= 4 is 40.7 Å². The fourth-order valence-corrected chi connectivity index (χ4v) is 5.05. The Morgan fingerprint density at radius 1 is 0.939 bits per heavy atom. The van der Waals surface area contributed by atoms with Crippen LogP contribution < -0.4 is 5.43 Å². The number of carbonyl (C=O) groups is 1. The Morgan fingerprint density at radius 2 is 1.67 bits per heavy atom. The van der Waals surface area contributed by atoms with Crippen LogP contribution >= 0.6 is 23.4 Å². The van der Waals surface area contributed by atoms with E-state index < -0.39 is 0 Å². The van der Waals surface area contributed by atoms with Crippen molar-refractivity contribution in [3.8, 4) is 0 Å². The topological polar surface area (TPSA) is 44.7 Å². The Labute approximate surface area is 205 Å². The van der Waals surface area contributed by atoms with E-state index in [1.54, 1.807) is 11.8 Å². The second kappa shape index (κ2) is 11.0. The molecule has 1 saturated heterocycles. The van der Waals surface area contributed by atoms with Gasteiger partial charge < -0.3 is 0 Å². The highest BCUT2D eigenvalue weighted by atomic mass is 35.5. The van der Waals surface area contributed by atoms with E-state index in [0.717, 1.165) is 58.2 Å². The summed E-state index contributed by atoms with van der Waals surface area (Å²) in [5.74, 6) is -0.0836. The van der Waals surface area contributed by atoms with Gasteiger partial charge in [0.15, 0.2) is 0 Å². The predicted octanol–water partition coefficient (Wildman–Crippen LogP) is 7.13. The van der Waals surface area contributed by atoms with E-state index in [1.807, 2.05) is 73.5 Å². The first-order valence-electron chi connectivity index (χ1n) is 11.5. The van der Waals surface area contributed by atoms with Gasteiger partial charge in [-0.25, -0.2) is 10.0 Å². The largest absolute Gasteiger partial charge is 0.285 e. The molecule has 0 aromatic heterocycles. The molecule has 2 heterocycles. The van der Waals surface area contributed by atoms with Crippen molar-refractivity contribution in [2.75, 3.05) is 13.1 Å². The molecule has 1 amide bonds. The maximum Gasteiger partial charge on any atom is 0.265 e. The molecular weight excluding hydrogens is 450 g/mol. The summed E-state index contributed by atoms with van der Waals surface area (Å²) in [5.41, 5.74) is 7.42. The molecule has 5 rings (SSSR count). The second-order valence-corrected chi connectivity index (χ2v) is 9.26. The molecule has 0 bridgehead atoms. The van der Waals surface area contributed by atoms with Gasteiger partial charge in [-0.1, -0.05) is 74.0 Å². The lowest BCUT2D eigenvalue weighted by atomic mass is 10.0. The van der Waals surface area contributed by atoms with Gasteiger partial charge in [0.2, 0.25) is 0 Å². The Hall–Kier alpha value is -2.60. The third kappa shape index (κ3) is 5.49. The van der Waals surface area contributed by atoms with Gasteiger partial charge in [-0.15, -0.1) is 0 Å². The van der Waals surface area contributed by atoms with Crippen LogP contribution in [0.25, 0.3) is 0 Å². The first-order valence-corrected chi connectivity index (χ1v) is 12.7. The molecule has 0 unspecified atom stereocenters. The monoisotopic (exact) mass is 477 g/mol. The Bertz CT molecular complexity index is 1150. The van der Waals surface area contributed by atoms with E-state index in [2.05, 4.69) is 17.6 Å². The van der Waals surface area contributed by atoms with Gasteiger partial charge in [0, 0.05) is 44.6 Å². The number of aliphatic imine (C=N–C) groups is 1. The number of hydrogen-bond acceptors (Lipinski definition) is 4. The van der Waals surface area contributed by atoms with Crippen molar-refractivity contribution in [3.63, 3.8) is 0 Å². The summed E-state index contributed by atoms with van der Waals surface area (Å²) >= 11 is 7.79. The Morgan fingerprint density at radius 3 is 2.42 bits per heavy atom. The highest BCUT2D eigenvalue weighted by molar-refractivity contribution is 7.99. The van der Waals surface area contributed by atoms with Gasteiger partial charge >= 0.3 is 0 Å². The highest BCUT2D eigenvalue weighted by Gasteiger charge is 2.21. The number of carbonyl (C=O) groups excluding carboxylic acids is 1. The zero-order chi connectivity index (χ0) is 23.2. The molecule has 170 valence electrons. The quantitative estimate of drug-likeness (QED) is 0.341. The number of nitrogens with zero attached hydrogens (tertiary/aromatic N) is 2. The zero-order valence-electron chi connectivity index (χ0n) is 19.0. The van der Waals surface area contributed by atoms with Crippen LogP contribution in [0.2, 0.25) is 5.02 Å². The number of hydrogen-bond donors (Lipinski definition) is 1. The molecule has 0 aliphatic carbocycles. The van der Waals surface area contributed by atoms with Crippen molar-refractivity contribution < 1.29 is 4.79 Å². The maximum absolute atomic E-state index is 12.9. The highest BCUT2D eigenvalue weighted by Crippen LogP contribution is 2.41. The molecule has 0 radical (unpaired) electrons. The number of fused-ring (bicyclic) bond motifs is 2. The van der Waals surface area contributed by atoms with Crippen molar-refractivity contribution in [1.29, 1.82) is 0 Å². The van der Waals surface area contributed by atoms with E-state index in [4.69, 9.17) is 16.6 Å². The van der Waals surface area contributed by atoms with Crippen LogP contribution in [0.5, 0.6) is 0 Å². The summed E-state index contributed by atoms with van der Waals surface area (Å²) in [6.07, 6.45) is 3.47. The van der Waals surface area contributed by atoms with E-state index in [1.165, 1.54) is 6.42 Å². The molecule has 0 atom stereocenters. The molecule has 3 aromatic carbocycles. The third-order valence-electron chi connectivity index (χ3n) is 5.55. The van der Waals surface area contributed by atoms with Gasteiger partial charge in [-0.3, -0.25) is 10.2 Å². The molecular formula is C27H28ClN3OS. The normalized spacial score (nSPS) is 15.2. The summed E-state index contributed by atoms with van der Waals surface area (Å²) in [6.45, 7) is 5.81. The van der Waals surface area contributed by atoms with Crippen LogP contribution in [0.4, 0.5) is 5.69 Å². The van der Waals surface area contributed by atoms with Gasteiger partial charge in [-0.05, 0) is 49.2 Å². The Kier molecular flexibility index (Phi) is 7.86. The van der Waals surface area contributed by atoms with Crippen LogP contribution in [-0.4, -0.2) is 29.7 Å². The van der Waals surface area contributed by atoms with Gasteiger partial charge in [-0.2, -0.15) is 0 Å². The number of hydrazine groups is 1. The van der Waals surface area contributed by atoms with Crippen LogP contribution in [-0.2, 0) is 0 Å². The summed E-state index contributed by atoms with van der Waals surface area (Å²) in [4.78, 5) is 20.1. The molecule has 0 spiro atoms.